The summed E-state index contributed by atoms with van der Waals surface area (Å²) in [5.41, 5.74) is -16.4. The number of halogens is 16. The quantitative estimate of drug-likeness (QED) is 0.142. The zero-order valence-electron chi connectivity index (χ0n) is 20.1. The monoisotopic (exact) mass is 652 g/mol. The number of aliphatic hydroxyl groups is 1. The first kappa shape index (κ1) is 31.1. The fraction of sp³-hybridized carbons (Fsp3) is 0.0769. The molecule has 1 atom stereocenters. The number of fused-ring (bicyclic) bond motifs is 1. The molecule has 0 aromatic heterocycles. The Labute approximate surface area is 231 Å². The third kappa shape index (κ3) is 3.79. The number of hydrogen-bond donors (Lipinski definition) is 1. The van der Waals surface area contributed by atoms with Crippen molar-refractivity contribution in [1.82, 2.24) is 0 Å². The molecule has 5 rings (SSSR count). The normalized spacial score (nSPS) is 17.4. The first-order chi connectivity index (χ1) is 20.3. The zero-order valence-corrected chi connectivity index (χ0v) is 20.1. The minimum Gasteiger partial charge on any atom is -0.358 e. The highest BCUT2D eigenvalue weighted by Crippen LogP contribution is 2.59. The van der Waals surface area contributed by atoms with Crippen LogP contribution in [0.1, 0.15) is 27.8 Å². The Hall–Kier alpha value is -4.32. The third-order valence-electron chi connectivity index (χ3n) is 6.69. The Morgan fingerprint density at radius 1 is 0.364 bits per heavy atom. The largest absolute Gasteiger partial charge is 0.358 e. The minimum absolute atomic E-state index is 0.601. The van der Waals surface area contributed by atoms with Gasteiger partial charge in [-0.3, -0.25) is 0 Å². The Balaban J connectivity index is 2.12. The second kappa shape index (κ2) is 9.85. The smallest absolute Gasteiger partial charge is 0.227 e. The van der Waals surface area contributed by atoms with Crippen LogP contribution in [-0.2, 0) is 16.1 Å². The first-order valence-electron chi connectivity index (χ1n) is 11.1. The lowest BCUT2D eigenvalue weighted by atomic mass is 9.77. The topological polar surface area (TPSA) is 29.5 Å². The van der Waals surface area contributed by atoms with Gasteiger partial charge in [0.2, 0.25) is 5.79 Å². The van der Waals surface area contributed by atoms with Gasteiger partial charge >= 0.3 is 0 Å². The molecular formula is C26H4F16O2. The predicted octanol–water partition coefficient (Wildman–Crippen LogP) is 7.43. The summed E-state index contributed by atoms with van der Waals surface area (Å²) >= 11 is 0. The number of hydrogen-bond acceptors (Lipinski definition) is 2. The van der Waals surface area contributed by atoms with Gasteiger partial charge in [0, 0.05) is 16.7 Å². The molecule has 0 saturated heterocycles. The molecule has 4 aromatic carbocycles. The fourth-order valence-corrected chi connectivity index (χ4v) is 4.80. The van der Waals surface area contributed by atoms with Crippen molar-refractivity contribution in [3.8, 4) is 0 Å². The van der Waals surface area contributed by atoms with Crippen LogP contribution in [0.15, 0.2) is 18.2 Å². The summed E-state index contributed by atoms with van der Waals surface area (Å²) in [5.74, 6) is -49.7. The lowest BCUT2D eigenvalue weighted by Crippen LogP contribution is -2.39. The van der Waals surface area contributed by atoms with E-state index in [-0.39, 0.29) is 0 Å². The standard InChI is InChI=1S/C26H4F16O2/c27-7-1-4(12(30)20(38)15(7)33)25(5-2-8(28)16(34)21(39)13(5)31)10-11(19(37)24(42)23(41)18(10)36)26(43,44-25)6-3-9(29)17(35)22(40)14(6)32/h1-3,43H. The molecule has 18 heteroatoms. The molecule has 232 valence electrons. The van der Waals surface area contributed by atoms with Crippen molar-refractivity contribution < 1.29 is 80.1 Å². The molecule has 0 bridgehead atoms. The molecule has 1 aliphatic heterocycles. The van der Waals surface area contributed by atoms with Crippen LogP contribution in [0.3, 0.4) is 0 Å². The van der Waals surface area contributed by atoms with Gasteiger partial charge in [-0.05, 0) is 18.2 Å². The van der Waals surface area contributed by atoms with Crippen LogP contribution in [-0.4, -0.2) is 5.11 Å². The Bertz CT molecular complexity index is 1880. The molecule has 1 heterocycles. The fourth-order valence-electron chi connectivity index (χ4n) is 4.80. The van der Waals surface area contributed by atoms with Crippen LogP contribution >= 0.6 is 0 Å². The van der Waals surface area contributed by atoms with Crippen molar-refractivity contribution in [2.45, 2.75) is 11.4 Å². The molecular weight excluding hydrogens is 648 g/mol. The van der Waals surface area contributed by atoms with Crippen LogP contribution < -0.4 is 0 Å². The van der Waals surface area contributed by atoms with Gasteiger partial charge in [-0.25, -0.2) is 70.2 Å². The molecule has 4 aromatic rings. The van der Waals surface area contributed by atoms with E-state index in [0.717, 1.165) is 0 Å². The van der Waals surface area contributed by atoms with Crippen molar-refractivity contribution in [2.75, 3.05) is 0 Å². The average molecular weight is 652 g/mol. The van der Waals surface area contributed by atoms with Crippen LogP contribution in [0.5, 0.6) is 0 Å². The van der Waals surface area contributed by atoms with E-state index in [4.69, 9.17) is 4.74 Å². The van der Waals surface area contributed by atoms with Gasteiger partial charge in [-0.15, -0.1) is 0 Å². The van der Waals surface area contributed by atoms with Gasteiger partial charge in [0.05, 0.1) is 11.1 Å². The average Bonchev–Trinajstić information content (AvgIpc) is 3.27. The molecule has 0 amide bonds. The summed E-state index contributed by atoms with van der Waals surface area (Å²) in [5, 5.41) is 11.3. The molecule has 0 fully saturated rings. The SMILES string of the molecule is OC1(c2cc(F)c(F)c(F)c2F)OC(c2cc(F)c(F)c(F)c2F)(c2cc(F)c(F)c(F)c2F)c2c(F)c(F)c(F)c(F)c21. The minimum atomic E-state index is -4.71. The molecule has 0 aliphatic carbocycles. The lowest BCUT2D eigenvalue weighted by molar-refractivity contribution is -0.213. The second-order valence-corrected chi connectivity index (χ2v) is 8.98. The summed E-state index contributed by atoms with van der Waals surface area (Å²) in [6.45, 7) is 0. The van der Waals surface area contributed by atoms with Gasteiger partial charge in [-0.1, -0.05) is 0 Å². The molecule has 1 N–H and O–H groups in total. The summed E-state index contributed by atoms with van der Waals surface area (Å²) in [6, 6.07) is -1.87. The lowest BCUT2D eigenvalue weighted by Gasteiger charge is -2.35. The summed E-state index contributed by atoms with van der Waals surface area (Å²) in [4.78, 5) is 0. The predicted molar refractivity (Wildman–Crippen MR) is 109 cm³/mol. The van der Waals surface area contributed by atoms with Crippen molar-refractivity contribution in [1.29, 1.82) is 0 Å². The third-order valence-corrected chi connectivity index (χ3v) is 6.69. The Kier molecular flexibility index (Phi) is 6.96. The summed E-state index contributed by atoms with van der Waals surface area (Å²) in [6.07, 6.45) is 0. The van der Waals surface area contributed by atoms with Crippen LogP contribution in [0, 0.1) is 93.1 Å². The van der Waals surface area contributed by atoms with Gasteiger partial charge < -0.3 is 9.84 Å². The maximum absolute atomic E-state index is 15.6. The van der Waals surface area contributed by atoms with Gasteiger partial charge in [0.1, 0.15) is 0 Å². The maximum atomic E-state index is 15.6. The Morgan fingerprint density at radius 3 is 1.05 bits per heavy atom. The molecule has 1 aliphatic rings. The van der Waals surface area contributed by atoms with Crippen LogP contribution in [0.4, 0.5) is 70.2 Å². The van der Waals surface area contributed by atoms with Crippen molar-refractivity contribution in [3.05, 3.63) is 139 Å². The second-order valence-electron chi connectivity index (χ2n) is 8.98. The van der Waals surface area contributed by atoms with E-state index in [2.05, 4.69) is 0 Å². The van der Waals surface area contributed by atoms with E-state index in [0.29, 0.717) is 0 Å². The van der Waals surface area contributed by atoms with Crippen LogP contribution in [0.25, 0.3) is 0 Å². The number of ether oxygens (including phenoxy) is 1. The van der Waals surface area contributed by atoms with Gasteiger partial charge in [0.15, 0.2) is 98.7 Å². The molecule has 2 nitrogen and oxygen atoms in total. The van der Waals surface area contributed by atoms with E-state index >= 15 is 17.6 Å². The van der Waals surface area contributed by atoms with E-state index in [1.165, 1.54) is 0 Å². The van der Waals surface area contributed by atoms with Crippen molar-refractivity contribution >= 4 is 0 Å². The van der Waals surface area contributed by atoms with Crippen molar-refractivity contribution in [2.24, 2.45) is 0 Å². The highest BCUT2D eigenvalue weighted by Gasteiger charge is 2.63. The Morgan fingerprint density at radius 2 is 0.659 bits per heavy atom. The van der Waals surface area contributed by atoms with E-state index in [1.807, 2.05) is 0 Å². The van der Waals surface area contributed by atoms with Gasteiger partial charge in [-0.2, -0.15) is 0 Å². The van der Waals surface area contributed by atoms with E-state index < -0.39 is 150 Å². The van der Waals surface area contributed by atoms with Crippen LogP contribution in [0.2, 0.25) is 0 Å². The zero-order chi connectivity index (χ0) is 33.0. The number of benzene rings is 4. The molecule has 44 heavy (non-hydrogen) atoms. The highest BCUT2D eigenvalue weighted by atomic mass is 19.2. The molecule has 0 spiro atoms. The summed E-state index contributed by atoms with van der Waals surface area (Å²) < 4.78 is 238. The molecule has 0 saturated carbocycles. The molecule has 1 unspecified atom stereocenters. The van der Waals surface area contributed by atoms with E-state index in [1.54, 1.807) is 0 Å². The highest BCUT2D eigenvalue weighted by molar-refractivity contribution is 5.59. The maximum Gasteiger partial charge on any atom is 0.227 e. The number of rotatable bonds is 3. The molecule has 0 radical (unpaired) electrons. The van der Waals surface area contributed by atoms with Crippen molar-refractivity contribution in [3.63, 3.8) is 0 Å². The summed E-state index contributed by atoms with van der Waals surface area (Å²) in [7, 11) is 0. The first-order valence-corrected chi connectivity index (χ1v) is 11.1. The van der Waals surface area contributed by atoms with Gasteiger partial charge in [0.25, 0.3) is 0 Å². The van der Waals surface area contributed by atoms with E-state index in [9.17, 15) is 57.8 Å².